The standard InChI is InChI=1S/C34H38N6O7/c1-2-27-24-28(3-1)34-26-40(38-36-34)13-15-45-30-6-10-32(11-7-30)47-23-21-43-19-17-41-16-18-42-20-22-46-31-8-4-29(5-9-31)44-14-12-39-25-33(27)35-37-39/h1-11,24-26H,12-23H2. The van der Waals surface area contributed by atoms with E-state index in [0.29, 0.717) is 79.2 Å². The number of hydrogen-bond acceptors (Lipinski definition) is 11. The van der Waals surface area contributed by atoms with Crippen molar-refractivity contribution >= 4 is 0 Å². The van der Waals surface area contributed by atoms with Gasteiger partial charge in [-0.3, -0.25) is 0 Å². The van der Waals surface area contributed by atoms with Gasteiger partial charge >= 0.3 is 0 Å². The fraction of sp³-hybridized carbons (Fsp3) is 0.353. The third-order valence-corrected chi connectivity index (χ3v) is 7.09. The Hall–Kier alpha value is -4.98. The van der Waals surface area contributed by atoms with Crippen LogP contribution >= 0.6 is 0 Å². The summed E-state index contributed by atoms with van der Waals surface area (Å²) in [6, 6.07) is 23.0. The zero-order chi connectivity index (χ0) is 31.9. The normalized spacial score (nSPS) is 15.9. The van der Waals surface area contributed by atoms with Crippen molar-refractivity contribution in [2.24, 2.45) is 0 Å². The van der Waals surface area contributed by atoms with Crippen LogP contribution in [0.4, 0.5) is 0 Å². The molecule has 0 amide bonds. The summed E-state index contributed by atoms with van der Waals surface area (Å²) in [7, 11) is 0. The van der Waals surface area contributed by atoms with Gasteiger partial charge in [0, 0.05) is 11.1 Å². The van der Waals surface area contributed by atoms with Crippen molar-refractivity contribution in [1.29, 1.82) is 0 Å². The maximum absolute atomic E-state index is 5.90. The molecule has 0 unspecified atom stereocenters. The summed E-state index contributed by atoms with van der Waals surface area (Å²) in [6.07, 6.45) is 3.81. The fourth-order valence-electron chi connectivity index (χ4n) is 4.67. The monoisotopic (exact) mass is 642 g/mol. The van der Waals surface area contributed by atoms with Crippen LogP contribution < -0.4 is 18.9 Å². The molecule has 4 aliphatic heterocycles. The average molecular weight is 643 g/mol. The highest BCUT2D eigenvalue weighted by atomic mass is 16.6. The van der Waals surface area contributed by atoms with E-state index in [4.69, 9.17) is 33.2 Å². The Bertz CT molecular complexity index is 1520. The lowest BCUT2D eigenvalue weighted by molar-refractivity contribution is 0.00498. The molecule has 0 radical (unpaired) electrons. The Morgan fingerprint density at radius 1 is 0.426 bits per heavy atom. The Balaban J connectivity index is 1.05. The van der Waals surface area contributed by atoms with Gasteiger partial charge in [-0.1, -0.05) is 28.6 Å². The van der Waals surface area contributed by atoms with Gasteiger partial charge in [-0.15, -0.1) is 10.2 Å². The van der Waals surface area contributed by atoms with E-state index < -0.39 is 0 Å². The number of nitrogens with zero attached hydrogens (tertiary/aromatic N) is 6. The fourth-order valence-corrected chi connectivity index (χ4v) is 4.67. The SMILES string of the molecule is c1cc2cc(c1)-c1cn(nn1)CCOc1ccc(cc1)OCCOCCOCCOCCOc1ccc(cc1)OCCn1cc-2nn1. The molecule has 5 aromatic rings. The lowest BCUT2D eigenvalue weighted by atomic mass is 10.1. The number of hydrogen-bond donors (Lipinski definition) is 0. The number of aromatic nitrogens is 6. The van der Waals surface area contributed by atoms with Crippen molar-refractivity contribution in [1.82, 2.24) is 30.0 Å². The number of benzene rings is 3. The Morgan fingerprint density at radius 3 is 1.19 bits per heavy atom. The van der Waals surface area contributed by atoms with Gasteiger partial charge in [-0.25, -0.2) is 9.36 Å². The molecule has 0 saturated heterocycles. The maximum atomic E-state index is 5.90. The third-order valence-electron chi connectivity index (χ3n) is 7.09. The van der Waals surface area contributed by atoms with Crippen molar-refractivity contribution in [2.75, 3.05) is 66.1 Å². The van der Waals surface area contributed by atoms with E-state index in [9.17, 15) is 0 Å². The minimum absolute atomic E-state index is 0.441. The van der Waals surface area contributed by atoms with E-state index in [0.717, 1.165) is 45.5 Å². The predicted molar refractivity (Wildman–Crippen MR) is 172 cm³/mol. The maximum Gasteiger partial charge on any atom is 0.119 e. The van der Waals surface area contributed by atoms with Crippen LogP contribution in [0.1, 0.15) is 0 Å². The van der Waals surface area contributed by atoms with E-state index in [1.807, 2.05) is 85.2 Å². The topological polar surface area (TPSA) is 126 Å². The molecule has 0 atom stereocenters. The number of rotatable bonds is 0. The van der Waals surface area contributed by atoms with Gasteiger partial charge in [0.2, 0.25) is 0 Å². The predicted octanol–water partition coefficient (Wildman–Crippen LogP) is 4.18. The van der Waals surface area contributed by atoms with Crippen LogP contribution in [0.5, 0.6) is 23.0 Å². The molecule has 0 N–H and O–H groups in total. The van der Waals surface area contributed by atoms with Crippen LogP contribution in [0.2, 0.25) is 0 Å². The Kier molecular flexibility index (Phi) is 11.6. The van der Waals surface area contributed by atoms with Crippen molar-refractivity contribution < 1.29 is 33.2 Å². The third kappa shape index (κ3) is 10.0. The van der Waals surface area contributed by atoms with Crippen molar-refractivity contribution in [3.8, 4) is 45.5 Å². The molecule has 0 spiro atoms. The second-order valence-electron chi connectivity index (χ2n) is 10.5. The smallest absolute Gasteiger partial charge is 0.119 e. The summed E-state index contributed by atoms with van der Waals surface area (Å²) in [5.74, 6) is 2.99. The number of ether oxygens (including phenoxy) is 7. The zero-order valence-electron chi connectivity index (χ0n) is 26.1. The van der Waals surface area contributed by atoms with Crippen LogP contribution in [-0.4, -0.2) is 96.1 Å². The van der Waals surface area contributed by atoms with Crippen LogP contribution in [0.15, 0.2) is 85.2 Å². The summed E-state index contributed by atoms with van der Waals surface area (Å²) in [5.41, 5.74) is 3.40. The van der Waals surface area contributed by atoms with Gasteiger partial charge in [0.15, 0.2) is 0 Å². The quantitative estimate of drug-likeness (QED) is 0.242. The van der Waals surface area contributed by atoms with Gasteiger partial charge in [0.05, 0.1) is 65.1 Å². The molecule has 6 heterocycles. The molecule has 2 aromatic heterocycles. The van der Waals surface area contributed by atoms with Crippen LogP contribution in [-0.2, 0) is 27.3 Å². The molecule has 4 aliphatic rings. The molecular weight excluding hydrogens is 604 g/mol. The lowest BCUT2D eigenvalue weighted by Crippen LogP contribution is -2.14. The largest absolute Gasteiger partial charge is 0.492 e. The highest BCUT2D eigenvalue weighted by Gasteiger charge is 2.09. The lowest BCUT2D eigenvalue weighted by Gasteiger charge is -2.10. The van der Waals surface area contributed by atoms with Gasteiger partial charge in [-0.05, 0) is 54.6 Å². The summed E-state index contributed by atoms with van der Waals surface area (Å²) < 4.78 is 43.6. The van der Waals surface area contributed by atoms with Gasteiger partial charge in [-0.2, -0.15) is 0 Å². The van der Waals surface area contributed by atoms with Gasteiger partial charge < -0.3 is 33.2 Å². The van der Waals surface area contributed by atoms with E-state index in [2.05, 4.69) is 20.6 Å². The van der Waals surface area contributed by atoms with Crippen molar-refractivity contribution in [2.45, 2.75) is 13.1 Å². The first-order chi connectivity index (χ1) is 23.3. The highest BCUT2D eigenvalue weighted by Crippen LogP contribution is 2.24. The second kappa shape index (κ2) is 17.1. The van der Waals surface area contributed by atoms with Crippen LogP contribution in [0.3, 0.4) is 0 Å². The van der Waals surface area contributed by atoms with Gasteiger partial charge in [0.1, 0.15) is 60.8 Å². The molecule has 47 heavy (non-hydrogen) atoms. The summed E-state index contributed by atoms with van der Waals surface area (Å²) >= 11 is 0. The molecule has 0 saturated carbocycles. The first kappa shape index (κ1) is 32.0. The van der Waals surface area contributed by atoms with Crippen LogP contribution in [0, 0.1) is 0 Å². The molecule has 246 valence electrons. The Labute approximate surface area is 272 Å². The van der Waals surface area contributed by atoms with E-state index in [-0.39, 0.29) is 0 Å². The minimum atomic E-state index is 0.441. The molecule has 0 fully saturated rings. The molecule has 3 aromatic carbocycles. The first-order valence-electron chi connectivity index (χ1n) is 15.6. The Morgan fingerprint density at radius 2 is 0.787 bits per heavy atom. The van der Waals surface area contributed by atoms with E-state index in [1.54, 1.807) is 9.36 Å². The summed E-state index contributed by atoms with van der Waals surface area (Å²) in [5, 5.41) is 17.3. The second-order valence-corrected chi connectivity index (χ2v) is 10.5. The van der Waals surface area contributed by atoms with Gasteiger partial charge in [0.25, 0.3) is 0 Å². The molecule has 0 aliphatic carbocycles. The zero-order valence-corrected chi connectivity index (χ0v) is 26.1. The molecule has 13 heteroatoms. The summed E-state index contributed by atoms with van der Waals surface area (Å²) in [4.78, 5) is 0. The molecule has 13 nitrogen and oxygen atoms in total. The van der Waals surface area contributed by atoms with E-state index >= 15 is 0 Å². The highest BCUT2D eigenvalue weighted by molar-refractivity contribution is 5.68. The average Bonchev–Trinajstić information content (AvgIpc) is 3.78. The minimum Gasteiger partial charge on any atom is -0.492 e. The van der Waals surface area contributed by atoms with Crippen molar-refractivity contribution in [3.63, 3.8) is 0 Å². The molecule has 10 bridgehead atoms. The molecule has 9 rings (SSSR count). The van der Waals surface area contributed by atoms with E-state index in [1.165, 1.54) is 0 Å². The summed E-state index contributed by atoms with van der Waals surface area (Å²) in [6.45, 7) is 5.75. The molecular formula is C34H38N6O7. The first-order valence-corrected chi connectivity index (χ1v) is 15.6. The van der Waals surface area contributed by atoms with Crippen molar-refractivity contribution in [3.05, 3.63) is 85.2 Å². The van der Waals surface area contributed by atoms with Crippen LogP contribution in [0.25, 0.3) is 22.5 Å².